The van der Waals surface area contributed by atoms with Crippen LogP contribution in [0.3, 0.4) is 0 Å². The number of nitrogens with one attached hydrogen (secondary N) is 1. The van der Waals surface area contributed by atoms with Gasteiger partial charge in [-0.25, -0.2) is 4.79 Å². The average molecular weight is 405 g/mol. The minimum Gasteiger partial charge on any atom is -0.464 e. The van der Waals surface area contributed by atoms with E-state index < -0.39 is 11.7 Å². The summed E-state index contributed by atoms with van der Waals surface area (Å²) in [5, 5.41) is 14.2. The van der Waals surface area contributed by atoms with Crippen molar-refractivity contribution in [3.8, 4) is 0 Å². The highest BCUT2D eigenvalue weighted by atomic mass is 16.4. The van der Waals surface area contributed by atoms with Crippen molar-refractivity contribution in [2.24, 2.45) is 0 Å². The molecule has 2 heterocycles. The van der Waals surface area contributed by atoms with Gasteiger partial charge in [-0.15, -0.1) is 0 Å². The van der Waals surface area contributed by atoms with Crippen LogP contribution < -0.4 is 10.9 Å². The Hall–Kier alpha value is -3.38. The van der Waals surface area contributed by atoms with Gasteiger partial charge in [0.2, 0.25) is 5.91 Å². The maximum Gasteiger partial charge on any atom is 0.339 e. The summed E-state index contributed by atoms with van der Waals surface area (Å²) in [7, 11) is 0. The van der Waals surface area contributed by atoms with Crippen LogP contribution in [0.15, 0.2) is 62.4 Å². The second-order valence-corrected chi connectivity index (χ2v) is 7.47. The number of aliphatic hydroxyl groups is 1. The number of benzene rings is 2. The van der Waals surface area contributed by atoms with Gasteiger partial charge in [0, 0.05) is 28.8 Å². The van der Waals surface area contributed by atoms with E-state index in [0.29, 0.717) is 16.7 Å². The predicted molar refractivity (Wildman–Crippen MR) is 114 cm³/mol. The molecule has 0 saturated carbocycles. The first kappa shape index (κ1) is 19.9. The lowest BCUT2D eigenvalue weighted by Gasteiger charge is -2.17. The molecule has 0 aliphatic rings. The number of carbonyl (C=O) groups excluding carboxylic acids is 1. The van der Waals surface area contributed by atoms with Gasteiger partial charge in [-0.05, 0) is 43.0 Å². The zero-order valence-electron chi connectivity index (χ0n) is 16.9. The maximum atomic E-state index is 12.5. The van der Waals surface area contributed by atoms with Gasteiger partial charge in [0.15, 0.2) is 0 Å². The molecule has 1 atom stereocenters. The molecule has 0 aliphatic heterocycles. The lowest BCUT2D eigenvalue weighted by molar-refractivity contribution is -0.122. The van der Waals surface area contributed by atoms with Crippen LogP contribution in [-0.2, 0) is 11.2 Å². The van der Waals surface area contributed by atoms with E-state index in [9.17, 15) is 14.7 Å². The topological polar surface area (TPSA) is 92.7 Å². The third kappa shape index (κ3) is 3.74. The summed E-state index contributed by atoms with van der Waals surface area (Å²) in [5.41, 5.74) is 3.82. The van der Waals surface area contributed by atoms with Crippen molar-refractivity contribution in [1.82, 2.24) is 5.32 Å². The quantitative estimate of drug-likeness (QED) is 0.474. The molecule has 154 valence electrons. The first-order valence-corrected chi connectivity index (χ1v) is 9.87. The van der Waals surface area contributed by atoms with Gasteiger partial charge in [-0.2, -0.15) is 0 Å². The zero-order chi connectivity index (χ0) is 21.3. The Kier molecular flexibility index (Phi) is 5.42. The molecule has 0 spiro atoms. The molecule has 2 N–H and O–H groups in total. The van der Waals surface area contributed by atoms with Gasteiger partial charge in [-0.3, -0.25) is 4.79 Å². The number of hydrogen-bond acceptors (Lipinski definition) is 5. The van der Waals surface area contributed by atoms with Gasteiger partial charge >= 0.3 is 5.63 Å². The summed E-state index contributed by atoms with van der Waals surface area (Å²) < 4.78 is 11.0. The largest absolute Gasteiger partial charge is 0.464 e. The SMILES string of the molecule is Cc1coc2cc3oc(=O)c(CCC(=O)NC(CO)c4ccccc4)c(C)c3cc12. The molecule has 6 nitrogen and oxygen atoms in total. The van der Waals surface area contributed by atoms with Crippen LogP contribution in [0.4, 0.5) is 0 Å². The van der Waals surface area contributed by atoms with E-state index in [4.69, 9.17) is 8.83 Å². The molecular weight excluding hydrogens is 382 g/mol. The summed E-state index contributed by atoms with van der Waals surface area (Å²) in [6.07, 6.45) is 2.05. The lowest BCUT2D eigenvalue weighted by atomic mass is 10.0. The Morgan fingerprint density at radius 1 is 1.10 bits per heavy atom. The molecule has 2 aromatic heterocycles. The molecule has 0 radical (unpaired) electrons. The van der Waals surface area contributed by atoms with Crippen LogP contribution in [0, 0.1) is 13.8 Å². The number of hydrogen-bond donors (Lipinski definition) is 2. The predicted octanol–water partition coefficient (Wildman–Crippen LogP) is 3.94. The second kappa shape index (κ2) is 8.16. The summed E-state index contributed by atoms with van der Waals surface area (Å²) in [6.45, 7) is 3.63. The smallest absolute Gasteiger partial charge is 0.339 e. The molecule has 1 amide bonds. The molecule has 4 rings (SSSR count). The van der Waals surface area contributed by atoms with Crippen LogP contribution in [0.25, 0.3) is 21.9 Å². The Bertz CT molecular complexity index is 1270. The normalized spacial score (nSPS) is 12.4. The minimum atomic E-state index is -0.481. The molecule has 0 aliphatic carbocycles. The Balaban J connectivity index is 1.56. The van der Waals surface area contributed by atoms with Crippen LogP contribution >= 0.6 is 0 Å². The van der Waals surface area contributed by atoms with Crippen molar-refractivity contribution < 1.29 is 18.7 Å². The third-order valence-corrected chi connectivity index (χ3v) is 5.50. The lowest BCUT2D eigenvalue weighted by Crippen LogP contribution is -2.31. The number of carbonyl (C=O) groups is 1. The summed E-state index contributed by atoms with van der Waals surface area (Å²) in [5.74, 6) is -0.238. The standard InChI is InChI=1S/C24H23NO5/c1-14-13-29-21-11-22-19(10-18(14)21)15(2)17(24(28)30-22)8-9-23(27)25-20(12-26)16-6-4-3-5-7-16/h3-7,10-11,13,20,26H,8-9,12H2,1-2H3,(H,25,27). The number of amides is 1. The molecule has 6 heteroatoms. The van der Waals surface area contributed by atoms with E-state index in [1.54, 1.807) is 12.3 Å². The minimum absolute atomic E-state index is 0.118. The fourth-order valence-electron chi connectivity index (χ4n) is 3.75. The van der Waals surface area contributed by atoms with Crippen molar-refractivity contribution in [2.75, 3.05) is 6.61 Å². The van der Waals surface area contributed by atoms with Crippen molar-refractivity contribution >= 4 is 27.8 Å². The first-order valence-electron chi connectivity index (χ1n) is 9.87. The van der Waals surface area contributed by atoms with Crippen molar-refractivity contribution in [2.45, 2.75) is 32.7 Å². The van der Waals surface area contributed by atoms with Gasteiger partial charge in [0.1, 0.15) is 11.2 Å². The van der Waals surface area contributed by atoms with Gasteiger partial charge in [0.25, 0.3) is 0 Å². The van der Waals surface area contributed by atoms with Crippen LogP contribution in [-0.4, -0.2) is 17.6 Å². The molecule has 0 saturated heterocycles. The number of aryl methyl sites for hydroxylation is 2. The van der Waals surface area contributed by atoms with Crippen molar-refractivity contribution in [3.05, 3.63) is 81.4 Å². The third-order valence-electron chi connectivity index (χ3n) is 5.50. The van der Waals surface area contributed by atoms with Gasteiger partial charge in [-0.1, -0.05) is 30.3 Å². The number of rotatable bonds is 6. The van der Waals surface area contributed by atoms with Gasteiger partial charge in [0.05, 0.1) is 18.9 Å². The first-order chi connectivity index (χ1) is 14.5. The highest BCUT2D eigenvalue weighted by Gasteiger charge is 2.17. The van der Waals surface area contributed by atoms with E-state index >= 15 is 0 Å². The molecule has 0 bridgehead atoms. The highest BCUT2D eigenvalue weighted by Crippen LogP contribution is 2.29. The Labute approximate surface area is 173 Å². The summed E-state index contributed by atoms with van der Waals surface area (Å²) in [6, 6.07) is 12.5. The van der Waals surface area contributed by atoms with E-state index in [-0.39, 0.29) is 25.4 Å². The molecule has 30 heavy (non-hydrogen) atoms. The monoisotopic (exact) mass is 405 g/mol. The molecular formula is C24H23NO5. The van der Waals surface area contributed by atoms with Crippen LogP contribution in [0.1, 0.15) is 34.7 Å². The number of furan rings is 1. The number of fused-ring (bicyclic) bond motifs is 2. The van der Waals surface area contributed by atoms with Gasteiger partial charge < -0.3 is 19.3 Å². The summed E-state index contributed by atoms with van der Waals surface area (Å²) in [4.78, 5) is 25.0. The molecule has 4 aromatic rings. The van der Waals surface area contributed by atoms with Crippen molar-refractivity contribution in [3.63, 3.8) is 0 Å². The van der Waals surface area contributed by atoms with E-state index in [1.807, 2.05) is 50.2 Å². The van der Waals surface area contributed by atoms with Crippen LogP contribution in [0.5, 0.6) is 0 Å². The van der Waals surface area contributed by atoms with E-state index in [0.717, 1.165) is 27.5 Å². The Morgan fingerprint density at radius 3 is 2.60 bits per heavy atom. The molecule has 1 unspecified atom stereocenters. The molecule has 0 fully saturated rings. The maximum absolute atomic E-state index is 12.5. The average Bonchev–Trinajstić information content (AvgIpc) is 3.11. The van der Waals surface area contributed by atoms with Crippen molar-refractivity contribution in [1.29, 1.82) is 0 Å². The molecule has 2 aromatic carbocycles. The van der Waals surface area contributed by atoms with E-state index in [1.165, 1.54) is 0 Å². The number of aliphatic hydroxyl groups excluding tert-OH is 1. The van der Waals surface area contributed by atoms with Crippen LogP contribution in [0.2, 0.25) is 0 Å². The zero-order valence-corrected chi connectivity index (χ0v) is 16.9. The second-order valence-electron chi connectivity index (χ2n) is 7.47. The van der Waals surface area contributed by atoms with E-state index in [2.05, 4.69) is 5.32 Å². The Morgan fingerprint density at radius 2 is 1.87 bits per heavy atom. The summed E-state index contributed by atoms with van der Waals surface area (Å²) >= 11 is 0. The fourth-order valence-corrected chi connectivity index (χ4v) is 3.75. The highest BCUT2D eigenvalue weighted by molar-refractivity contribution is 5.96. The fraction of sp³-hybridized carbons (Fsp3) is 0.250.